The van der Waals surface area contributed by atoms with E-state index in [9.17, 15) is 0 Å². The molecule has 0 spiro atoms. The number of rotatable bonds is 3. The Kier molecular flexibility index (Phi) is 4.01. The van der Waals surface area contributed by atoms with Crippen molar-refractivity contribution in [1.82, 2.24) is 9.88 Å². The van der Waals surface area contributed by atoms with Crippen LogP contribution in [-0.2, 0) is 5.54 Å². The normalized spacial score (nSPS) is 20.9. The van der Waals surface area contributed by atoms with E-state index in [-0.39, 0.29) is 5.54 Å². The zero-order valence-corrected chi connectivity index (χ0v) is 15.3. The number of nitrogens with zero attached hydrogens (tertiary/aromatic N) is 1. The fraction of sp³-hybridized carbons (Fsp3) is 0.304. The molecule has 25 heavy (non-hydrogen) atoms. The van der Waals surface area contributed by atoms with Crippen LogP contribution in [0.1, 0.15) is 36.1 Å². The molecule has 2 heteroatoms. The summed E-state index contributed by atoms with van der Waals surface area (Å²) in [5.74, 6) is 0. The highest BCUT2D eigenvalue weighted by Gasteiger charge is 2.36. The summed E-state index contributed by atoms with van der Waals surface area (Å²) in [6.07, 6.45) is 5.74. The number of aryl methyl sites for hydroxylation is 1. The Morgan fingerprint density at radius 1 is 0.960 bits per heavy atom. The predicted molar refractivity (Wildman–Crippen MR) is 107 cm³/mol. The molecule has 0 radical (unpaired) electrons. The second-order valence-electron chi connectivity index (χ2n) is 7.40. The van der Waals surface area contributed by atoms with Gasteiger partial charge in [0.05, 0.1) is 0 Å². The van der Waals surface area contributed by atoms with Gasteiger partial charge in [-0.05, 0) is 63.0 Å². The number of hydrogen-bond acceptors (Lipinski definition) is 1. The molecule has 1 N–H and O–H groups in total. The third-order valence-corrected chi connectivity index (χ3v) is 5.95. The van der Waals surface area contributed by atoms with Gasteiger partial charge in [-0.15, -0.1) is 0 Å². The Labute approximate surface area is 150 Å². The van der Waals surface area contributed by atoms with E-state index in [1.807, 2.05) is 0 Å². The Bertz CT molecular complexity index is 918. The van der Waals surface area contributed by atoms with E-state index < -0.39 is 0 Å². The number of nitrogens with one attached hydrogen (secondary N) is 1. The first-order chi connectivity index (χ1) is 12.1. The lowest BCUT2D eigenvalue weighted by Gasteiger charge is -2.43. The Hall–Kier alpha value is -2.32. The number of aromatic nitrogens is 1. The lowest BCUT2D eigenvalue weighted by atomic mass is 9.75. The Morgan fingerprint density at radius 2 is 1.68 bits per heavy atom. The second-order valence-corrected chi connectivity index (χ2v) is 7.40. The van der Waals surface area contributed by atoms with Crippen LogP contribution >= 0.6 is 0 Å². The molecule has 0 aliphatic heterocycles. The zero-order chi connectivity index (χ0) is 17.4. The predicted octanol–water partition coefficient (Wildman–Crippen LogP) is 5.50. The minimum absolute atomic E-state index is 0.102. The summed E-state index contributed by atoms with van der Waals surface area (Å²) in [5, 5.41) is 1.34. The molecule has 1 heterocycles. The van der Waals surface area contributed by atoms with Crippen LogP contribution in [0.3, 0.4) is 0 Å². The van der Waals surface area contributed by atoms with E-state index in [2.05, 4.69) is 91.6 Å². The van der Waals surface area contributed by atoms with Gasteiger partial charge in [0.25, 0.3) is 0 Å². The molecule has 0 saturated carbocycles. The van der Waals surface area contributed by atoms with E-state index in [0.29, 0.717) is 0 Å². The first-order valence-corrected chi connectivity index (χ1v) is 9.11. The van der Waals surface area contributed by atoms with Gasteiger partial charge in [-0.25, -0.2) is 0 Å². The van der Waals surface area contributed by atoms with Crippen LogP contribution in [0.25, 0.3) is 16.5 Å². The molecule has 3 aromatic rings. The summed E-state index contributed by atoms with van der Waals surface area (Å²) in [4.78, 5) is 6.04. The molecule has 2 nitrogen and oxygen atoms in total. The number of hydrogen-bond donors (Lipinski definition) is 1. The van der Waals surface area contributed by atoms with E-state index in [1.165, 1.54) is 33.3 Å². The van der Waals surface area contributed by atoms with Gasteiger partial charge < -0.3 is 4.98 Å². The Balaban J connectivity index is 1.72. The second kappa shape index (κ2) is 6.20. The lowest BCUT2D eigenvalue weighted by Crippen LogP contribution is -2.42. The van der Waals surface area contributed by atoms with Gasteiger partial charge in [0.2, 0.25) is 0 Å². The van der Waals surface area contributed by atoms with Gasteiger partial charge in [-0.3, -0.25) is 4.90 Å². The molecule has 0 fully saturated rings. The third-order valence-electron chi connectivity index (χ3n) is 5.95. The lowest BCUT2D eigenvalue weighted by molar-refractivity contribution is 0.138. The summed E-state index contributed by atoms with van der Waals surface area (Å²) in [5.41, 5.74) is 6.92. The molecule has 1 atom stereocenters. The topological polar surface area (TPSA) is 19.0 Å². The van der Waals surface area contributed by atoms with Crippen LogP contribution in [0.15, 0.2) is 60.7 Å². The van der Waals surface area contributed by atoms with Crippen molar-refractivity contribution in [3.63, 3.8) is 0 Å². The van der Waals surface area contributed by atoms with Crippen LogP contribution in [0.4, 0.5) is 0 Å². The van der Waals surface area contributed by atoms with Crippen molar-refractivity contribution in [1.29, 1.82) is 0 Å². The first-order valence-electron chi connectivity index (χ1n) is 9.11. The monoisotopic (exact) mass is 330 g/mol. The molecule has 2 aromatic carbocycles. The highest BCUT2D eigenvalue weighted by atomic mass is 15.1. The van der Waals surface area contributed by atoms with Crippen LogP contribution in [0, 0.1) is 6.92 Å². The van der Waals surface area contributed by atoms with E-state index in [4.69, 9.17) is 0 Å². The smallest absolute Gasteiger partial charge is 0.0492 e. The fourth-order valence-electron chi connectivity index (χ4n) is 4.34. The van der Waals surface area contributed by atoms with Gasteiger partial charge in [0, 0.05) is 22.1 Å². The van der Waals surface area contributed by atoms with Crippen molar-refractivity contribution >= 4 is 16.5 Å². The van der Waals surface area contributed by atoms with E-state index in [1.54, 1.807) is 0 Å². The summed E-state index contributed by atoms with van der Waals surface area (Å²) in [6.45, 7) is 2.24. The van der Waals surface area contributed by atoms with Crippen LogP contribution < -0.4 is 0 Å². The van der Waals surface area contributed by atoms with Crippen LogP contribution in [-0.4, -0.2) is 24.0 Å². The molecule has 1 unspecified atom stereocenters. The fourth-order valence-corrected chi connectivity index (χ4v) is 4.34. The summed E-state index contributed by atoms with van der Waals surface area (Å²) in [7, 11) is 4.42. The summed E-state index contributed by atoms with van der Waals surface area (Å²) < 4.78 is 0. The molecule has 0 amide bonds. The van der Waals surface area contributed by atoms with Crippen LogP contribution in [0.5, 0.6) is 0 Å². The molecular weight excluding hydrogens is 304 g/mol. The SMILES string of the molecule is Cc1c(C2=CCC(c3ccccc3)(N(C)C)CC2)[nH]c2ccccc12. The van der Waals surface area contributed by atoms with E-state index >= 15 is 0 Å². The average molecular weight is 330 g/mol. The van der Waals surface area contributed by atoms with Crippen molar-refractivity contribution in [2.24, 2.45) is 0 Å². The largest absolute Gasteiger partial charge is 0.355 e. The zero-order valence-electron chi connectivity index (χ0n) is 15.3. The summed E-state index contributed by atoms with van der Waals surface area (Å²) in [6, 6.07) is 19.6. The maximum atomic E-state index is 3.65. The molecule has 0 saturated heterocycles. The number of aromatic amines is 1. The number of H-pyrrole nitrogens is 1. The standard InChI is InChI=1S/C23H26N2/c1-17-20-11-7-8-12-21(20)24-22(17)18-13-15-23(16-14-18,25(2)3)19-9-5-4-6-10-19/h4-13,24H,14-16H2,1-3H3. The van der Waals surface area contributed by atoms with E-state index in [0.717, 1.165) is 19.3 Å². The molecular formula is C23H26N2. The van der Waals surface area contributed by atoms with Crippen molar-refractivity contribution < 1.29 is 0 Å². The number of benzene rings is 2. The van der Waals surface area contributed by atoms with Crippen LogP contribution in [0.2, 0.25) is 0 Å². The number of para-hydroxylation sites is 1. The molecule has 4 rings (SSSR count). The van der Waals surface area contributed by atoms with Crippen molar-refractivity contribution in [2.45, 2.75) is 31.7 Å². The maximum Gasteiger partial charge on any atom is 0.0492 e. The van der Waals surface area contributed by atoms with Crippen molar-refractivity contribution in [3.05, 3.63) is 77.5 Å². The van der Waals surface area contributed by atoms with Gasteiger partial charge in [0.15, 0.2) is 0 Å². The minimum atomic E-state index is 0.102. The van der Waals surface area contributed by atoms with Gasteiger partial charge >= 0.3 is 0 Å². The molecule has 0 bridgehead atoms. The van der Waals surface area contributed by atoms with Gasteiger partial charge in [-0.1, -0.05) is 54.6 Å². The summed E-state index contributed by atoms with van der Waals surface area (Å²) >= 11 is 0. The van der Waals surface area contributed by atoms with Crippen molar-refractivity contribution in [2.75, 3.05) is 14.1 Å². The number of fused-ring (bicyclic) bond motifs is 1. The third kappa shape index (κ3) is 2.61. The number of allylic oxidation sites excluding steroid dienone is 1. The highest BCUT2D eigenvalue weighted by Crippen LogP contribution is 2.43. The van der Waals surface area contributed by atoms with Gasteiger partial charge in [-0.2, -0.15) is 0 Å². The molecule has 1 aromatic heterocycles. The molecule has 128 valence electrons. The molecule has 1 aliphatic carbocycles. The highest BCUT2D eigenvalue weighted by molar-refractivity contribution is 5.89. The Morgan fingerprint density at radius 3 is 2.32 bits per heavy atom. The quantitative estimate of drug-likeness (QED) is 0.672. The minimum Gasteiger partial charge on any atom is -0.355 e. The van der Waals surface area contributed by atoms with Crippen molar-refractivity contribution in [3.8, 4) is 0 Å². The maximum absolute atomic E-state index is 3.65. The first kappa shape index (κ1) is 16.2. The average Bonchev–Trinajstić information content (AvgIpc) is 2.99. The van der Waals surface area contributed by atoms with Gasteiger partial charge in [0.1, 0.15) is 0 Å². The molecule has 1 aliphatic rings.